The maximum absolute atomic E-state index is 10.4. The van der Waals surface area contributed by atoms with E-state index in [1.807, 2.05) is 25.1 Å². The summed E-state index contributed by atoms with van der Waals surface area (Å²) in [5, 5.41) is 7.49. The molecule has 0 aliphatic heterocycles. The van der Waals surface area contributed by atoms with Crippen molar-refractivity contribution in [2.45, 2.75) is 6.92 Å². The third-order valence-electron chi connectivity index (χ3n) is 1.73. The van der Waals surface area contributed by atoms with Crippen LogP contribution in [0.1, 0.15) is 5.56 Å². The Morgan fingerprint density at radius 1 is 1.50 bits per heavy atom. The van der Waals surface area contributed by atoms with Crippen molar-refractivity contribution >= 4 is 17.4 Å². The van der Waals surface area contributed by atoms with E-state index in [1.165, 1.54) is 4.68 Å². The van der Waals surface area contributed by atoms with Crippen LogP contribution in [0.2, 0.25) is 0 Å². The van der Waals surface area contributed by atoms with Crippen LogP contribution in [0.15, 0.2) is 18.2 Å². The number of rotatable bonds is 1. The molecule has 0 radical (unpaired) electrons. The third-order valence-corrected chi connectivity index (χ3v) is 1.73. The van der Waals surface area contributed by atoms with Crippen molar-refractivity contribution in [1.29, 1.82) is 0 Å². The van der Waals surface area contributed by atoms with Crippen molar-refractivity contribution in [1.82, 2.24) is 15.0 Å². The fourth-order valence-corrected chi connectivity index (χ4v) is 1.13. The summed E-state index contributed by atoms with van der Waals surface area (Å²) in [6, 6.07) is 5.65. The van der Waals surface area contributed by atoms with E-state index in [9.17, 15) is 4.79 Å². The first kappa shape index (κ1) is 6.97. The van der Waals surface area contributed by atoms with Gasteiger partial charge in [0.2, 0.25) is 6.41 Å². The summed E-state index contributed by atoms with van der Waals surface area (Å²) in [5.41, 5.74) is 2.61. The van der Waals surface area contributed by atoms with Crippen molar-refractivity contribution in [3.63, 3.8) is 0 Å². The van der Waals surface area contributed by atoms with Crippen LogP contribution in [0.5, 0.6) is 0 Å². The zero-order chi connectivity index (χ0) is 8.55. The van der Waals surface area contributed by atoms with Gasteiger partial charge >= 0.3 is 0 Å². The Morgan fingerprint density at radius 2 is 2.33 bits per heavy atom. The molecule has 1 aromatic carbocycles. The van der Waals surface area contributed by atoms with E-state index in [4.69, 9.17) is 0 Å². The molecule has 60 valence electrons. The van der Waals surface area contributed by atoms with Gasteiger partial charge in [0.05, 0.1) is 5.52 Å². The first-order chi connectivity index (χ1) is 5.81. The molecule has 0 bridgehead atoms. The van der Waals surface area contributed by atoms with Crippen LogP contribution in [0.25, 0.3) is 11.0 Å². The number of hydrogen-bond donors (Lipinski definition) is 0. The highest BCUT2D eigenvalue weighted by Crippen LogP contribution is 2.10. The maximum atomic E-state index is 10.4. The molecule has 0 spiro atoms. The zero-order valence-corrected chi connectivity index (χ0v) is 6.56. The van der Waals surface area contributed by atoms with Gasteiger partial charge in [-0.3, -0.25) is 4.79 Å². The molecule has 1 heterocycles. The number of benzene rings is 1. The predicted molar refractivity (Wildman–Crippen MR) is 44.4 cm³/mol. The quantitative estimate of drug-likeness (QED) is 0.580. The molecule has 0 amide bonds. The minimum atomic E-state index is 0.644. The lowest BCUT2D eigenvalue weighted by Crippen LogP contribution is -1.95. The normalized spacial score (nSPS) is 10.4. The molecule has 0 saturated heterocycles. The van der Waals surface area contributed by atoms with Gasteiger partial charge in [-0.2, -0.15) is 4.68 Å². The van der Waals surface area contributed by atoms with E-state index in [2.05, 4.69) is 10.3 Å². The van der Waals surface area contributed by atoms with Gasteiger partial charge < -0.3 is 0 Å². The lowest BCUT2D eigenvalue weighted by atomic mass is 10.2. The smallest absolute Gasteiger partial charge is 0.236 e. The van der Waals surface area contributed by atoms with Crippen molar-refractivity contribution in [2.75, 3.05) is 0 Å². The molecule has 0 unspecified atom stereocenters. The van der Waals surface area contributed by atoms with Crippen molar-refractivity contribution in [3.8, 4) is 0 Å². The molecule has 0 N–H and O–H groups in total. The molecular formula is C8H7N3O. The van der Waals surface area contributed by atoms with E-state index < -0.39 is 0 Å². The fourth-order valence-electron chi connectivity index (χ4n) is 1.13. The minimum absolute atomic E-state index is 0.644. The van der Waals surface area contributed by atoms with Crippen LogP contribution >= 0.6 is 0 Å². The summed E-state index contributed by atoms with van der Waals surface area (Å²) in [7, 11) is 0. The number of fused-ring (bicyclic) bond motifs is 1. The fraction of sp³-hybridized carbons (Fsp3) is 0.125. The molecule has 4 heteroatoms. The number of carbonyl (C=O) groups excluding carboxylic acids is 1. The average molecular weight is 161 g/mol. The Balaban J connectivity index is 2.81. The highest BCUT2D eigenvalue weighted by Gasteiger charge is 2.01. The second-order valence-corrected chi connectivity index (χ2v) is 2.63. The SMILES string of the molecule is Cc1ccc2c(c1)nnn2C=O. The van der Waals surface area contributed by atoms with E-state index in [0.29, 0.717) is 6.41 Å². The van der Waals surface area contributed by atoms with Crippen LogP contribution in [0, 0.1) is 6.92 Å². The lowest BCUT2D eigenvalue weighted by molar-refractivity contribution is 0.540. The van der Waals surface area contributed by atoms with Crippen molar-refractivity contribution in [2.24, 2.45) is 0 Å². The largest absolute Gasteiger partial charge is 0.276 e. The van der Waals surface area contributed by atoms with E-state index >= 15 is 0 Å². The van der Waals surface area contributed by atoms with Gasteiger partial charge in [0, 0.05) is 0 Å². The van der Waals surface area contributed by atoms with Gasteiger partial charge in [-0.1, -0.05) is 11.3 Å². The van der Waals surface area contributed by atoms with Gasteiger partial charge in [-0.25, -0.2) is 0 Å². The van der Waals surface area contributed by atoms with Crippen LogP contribution in [-0.4, -0.2) is 21.4 Å². The van der Waals surface area contributed by atoms with Crippen molar-refractivity contribution < 1.29 is 4.79 Å². The first-order valence-electron chi connectivity index (χ1n) is 3.58. The predicted octanol–water partition coefficient (Wildman–Crippen LogP) is 0.778. The van der Waals surface area contributed by atoms with Crippen LogP contribution in [0.4, 0.5) is 0 Å². The second-order valence-electron chi connectivity index (χ2n) is 2.63. The van der Waals surface area contributed by atoms with Gasteiger partial charge in [-0.05, 0) is 24.6 Å². The Morgan fingerprint density at radius 3 is 3.08 bits per heavy atom. The number of hydrogen-bond acceptors (Lipinski definition) is 3. The summed E-state index contributed by atoms with van der Waals surface area (Å²) in [6.07, 6.45) is 0.644. The Kier molecular flexibility index (Phi) is 1.40. The van der Waals surface area contributed by atoms with Gasteiger partial charge in [-0.15, -0.1) is 5.10 Å². The molecule has 0 aliphatic carbocycles. The average Bonchev–Trinajstić information content (AvgIpc) is 2.46. The van der Waals surface area contributed by atoms with Crippen LogP contribution in [0.3, 0.4) is 0 Å². The Hall–Kier alpha value is -1.71. The number of aromatic nitrogens is 3. The van der Waals surface area contributed by atoms with Gasteiger partial charge in [0.15, 0.2) is 0 Å². The van der Waals surface area contributed by atoms with E-state index in [1.54, 1.807) is 0 Å². The number of nitrogens with zero attached hydrogens (tertiary/aromatic N) is 3. The molecule has 0 saturated carbocycles. The summed E-state index contributed by atoms with van der Waals surface area (Å²) in [5.74, 6) is 0. The zero-order valence-electron chi connectivity index (χ0n) is 6.56. The maximum Gasteiger partial charge on any atom is 0.236 e. The third kappa shape index (κ3) is 0.887. The van der Waals surface area contributed by atoms with E-state index in [-0.39, 0.29) is 0 Å². The summed E-state index contributed by atoms with van der Waals surface area (Å²) >= 11 is 0. The molecule has 2 rings (SSSR count). The molecule has 0 aliphatic rings. The topological polar surface area (TPSA) is 47.8 Å². The summed E-state index contributed by atoms with van der Waals surface area (Å²) in [6.45, 7) is 1.97. The lowest BCUT2D eigenvalue weighted by Gasteiger charge is -1.91. The minimum Gasteiger partial charge on any atom is -0.276 e. The second kappa shape index (κ2) is 2.41. The highest BCUT2D eigenvalue weighted by molar-refractivity contribution is 5.80. The molecule has 12 heavy (non-hydrogen) atoms. The van der Waals surface area contributed by atoms with Crippen LogP contribution < -0.4 is 0 Å². The summed E-state index contributed by atoms with van der Waals surface area (Å²) < 4.78 is 1.22. The first-order valence-corrected chi connectivity index (χ1v) is 3.58. The summed E-state index contributed by atoms with van der Waals surface area (Å²) in [4.78, 5) is 10.4. The highest BCUT2D eigenvalue weighted by atomic mass is 16.1. The number of carbonyl (C=O) groups is 1. The monoisotopic (exact) mass is 161 g/mol. The Bertz CT molecular complexity index is 433. The molecule has 0 atom stereocenters. The molecule has 4 nitrogen and oxygen atoms in total. The molecule has 0 fully saturated rings. The number of aryl methyl sites for hydroxylation is 1. The van der Waals surface area contributed by atoms with Crippen molar-refractivity contribution in [3.05, 3.63) is 23.8 Å². The van der Waals surface area contributed by atoms with Gasteiger partial charge in [0.1, 0.15) is 5.52 Å². The Labute approximate surface area is 68.8 Å². The standard InChI is InChI=1S/C8H7N3O/c1-6-2-3-8-7(4-6)9-10-11(8)5-12/h2-5H,1H3. The molecule has 1 aromatic heterocycles. The molecule has 2 aromatic rings. The van der Waals surface area contributed by atoms with E-state index in [0.717, 1.165) is 16.6 Å². The van der Waals surface area contributed by atoms with Gasteiger partial charge in [0.25, 0.3) is 0 Å². The van der Waals surface area contributed by atoms with Crippen LogP contribution in [-0.2, 0) is 4.79 Å². The molecular weight excluding hydrogens is 154 g/mol.